The summed E-state index contributed by atoms with van der Waals surface area (Å²) in [5.74, 6) is 0. The highest BCUT2D eigenvalue weighted by Crippen LogP contribution is 2.20. The molecule has 124 valence electrons. The van der Waals surface area contributed by atoms with Gasteiger partial charge in [0.1, 0.15) is 5.60 Å². The van der Waals surface area contributed by atoms with Crippen LogP contribution in [0.1, 0.15) is 31.2 Å². The molecule has 0 aliphatic carbocycles. The number of amides is 1. The first kappa shape index (κ1) is 17.6. The van der Waals surface area contributed by atoms with Gasteiger partial charge in [0, 0.05) is 29.0 Å². The fourth-order valence-corrected chi connectivity index (χ4v) is 2.93. The van der Waals surface area contributed by atoms with Crippen molar-refractivity contribution in [1.82, 2.24) is 5.32 Å². The zero-order chi connectivity index (χ0) is 16.9. The largest absolute Gasteiger partial charge is 0.444 e. The third kappa shape index (κ3) is 6.50. The highest BCUT2D eigenvalue weighted by molar-refractivity contribution is 7.10. The molecule has 0 saturated carbocycles. The van der Waals surface area contributed by atoms with Crippen LogP contribution < -0.4 is 10.6 Å². The summed E-state index contributed by atoms with van der Waals surface area (Å²) in [5.41, 5.74) is 1.51. The van der Waals surface area contributed by atoms with Crippen molar-refractivity contribution in [1.29, 1.82) is 0 Å². The Labute approximate surface area is 145 Å². The van der Waals surface area contributed by atoms with E-state index in [0.717, 1.165) is 22.8 Å². The Morgan fingerprint density at radius 3 is 2.70 bits per heavy atom. The number of ether oxygens (including phenoxy) is 1. The van der Waals surface area contributed by atoms with Gasteiger partial charge >= 0.3 is 6.09 Å². The second kappa shape index (κ2) is 7.70. The molecule has 23 heavy (non-hydrogen) atoms. The zero-order valence-corrected chi connectivity index (χ0v) is 15.1. The van der Waals surface area contributed by atoms with E-state index in [9.17, 15) is 4.79 Å². The van der Waals surface area contributed by atoms with Gasteiger partial charge in [-0.25, -0.2) is 4.79 Å². The normalized spacial score (nSPS) is 11.1. The Kier molecular flexibility index (Phi) is 5.91. The van der Waals surface area contributed by atoms with E-state index in [0.29, 0.717) is 6.54 Å². The smallest absolute Gasteiger partial charge is 0.407 e. The van der Waals surface area contributed by atoms with E-state index in [1.54, 1.807) is 11.3 Å². The van der Waals surface area contributed by atoms with Crippen molar-refractivity contribution in [3.05, 3.63) is 51.2 Å². The molecule has 1 aromatic heterocycles. The van der Waals surface area contributed by atoms with Crippen LogP contribution >= 0.6 is 22.9 Å². The Morgan fingerprint density at radius 2 is 2.04 bits per heavy atom. The first-order valence-corrected chi connectivity index (χ1v) is 8.60. The maximum absolute atomic E-state index is 11.7. The number of rotatable bonds is 5. The fraction of sp³-hybridized carbons (Fsp3) is 0.353. The van der Waals surface area contributed by atoms with Gasteiger partial charge in [-0.3, -0.25) is 0 Å². The standard InChI is InChI=1S/C17H21ClN2O2S/c1-17(2,3)22-16(21)20-9-12-5-4-6-14(7-12)19-10-15-8-13(18)11-23-15/h4-8,11,19H,9-10H2,1-3H3,(H,20,21). The van der Waals surface area contributed by atoms with Crippen molar-refractivity contribution in [3.8, 4) is 0 Å². The van der Waals surface area contributed by atoms with Crippen LogP contribution in [-0.2, 0) is 17.8 Å². The fourth-order valence-electron chi connectivity index (χ4n) is 1.92. The summed E-state index contributed by atoms with van der Waals surface area (Å²) in [6, 6.07) is 9.87. The van der Waals surface area contributed by atoms with Crippen LogP contribution in [0, 0.1) is 0 Å². The van der Waals surface area contributed by atoms with Gasteiger partial charge in [-0.2, -0.15) is 0 Å². The Morgan fingerprint density at radius 1 is 1.26 bits per heavy atom. The number of halogens is 1. The molecule has 2 N–H and O–H groups in total. The number of benzene rings is 1. The van der Waals surface area contributed by atoms with Gasteiger partial charge in [0.15, 0.2) is 0 Å². The highest BCUT2D eigenvalue weighted by atomic mass is 35.5. The van der Waals surface area contributed by atoms with E-state index < -0.39 is 11.7 Å². The van der Waals surface area contributed by atoms with Gasteiger partial charge in [0.05, 0.1) is 5.02 Å². The first-order valence-electron chi connectivity index (χ1n) is 7.34. The van der Waals surface area contributed by atoms with Gasteiger partial charge in [0.2, 0.25) is 0 Å². The molecule has 6 heteroatoms. The van der Waals surface area contributed by atoms with Crippen molar-refractivity contribution in [2.24, 2.45) is 0 Å². The number of thiophene rings is 1. The van der Waals surface area contributed by atoms with Gasteiger partial charge in [-0.05, 0) is 44.5 Å². The van der Waals surface area contributed by atoms with Crippen LogP contribution in [0.2, 0.25) is 5.02 Å². The van der Waals surface area contributed by atoms with Gasteiger partial charge in [0.25, 0.3) is 0 Å². The Balaban J connectivity index is 1.85. The summed E-state index contributed by atoms with van der Waals surface area (Å²) in [4.78, 5) is 12.8. The zero-order valence-electron chi connectivity index (χ0n) is 13.5. The van der Waals surface area contributed by atoms with E-state index in [1.807, 2.05) is 56.5 Å². The van der Waals surface area contributed by atoms with Crippen LogP contribution in [0.25, 0.3) is 0 Å². The molecule has 1 heterocycles. The minimum absolute atomic E-state index is 0.413. The highest BCUT2D eigenvalue weighted by Gasteiger charge is 2.15. The summed E-state index contributed by atoms with van der Waals surface area (Å²) in [6.07, 6.45) is -0.413. The van der Waals surface area contributed by atoms with Crippen molar-refractivity contribution in [3.63, 3.8) is 0 Å². The molecular weight excluding hydrogens is 332 g/mol. The van der Waals surface area contributed by atoms with Crippen LogP contribution in [0.5, 0.6) is 0 Å². The van der Waals surface area contributed by atoms with E-state index in [1.165, 1.54) is 4.88 Å². The number of carbonyl (C=O) groups excluding carboxylic acids is 1. The van der Waals surface area contributed by atoms with Gasteiger partial charge in [-0.1, -0.05) is 23.7 Å². The molecular formula is C17H21ClN2O2S. The lowest BCUT2D eigenvalue weighted by Crippen LogP contribution is -2.32. The molecule has 2 rings (SSSR count). The van der Waals surface area contributed by atoms with E-state index in [-0.39, 0.29) is 0 Å². The predicted molar refractivity (Wildman–Crippen MR) is 96.2 cm³/mol. The molecule has 0 bridgehead atoms. The molecule has 0 saturated heterocycles. The lowest BCUT2D eigenvalue weighted by molar-refractivity contribution is 0.0523. The number of alkyl carbamates (subject to hydrolysis) is 1. The SMILES string of the molecule is CC(C)(C)OC(=O)NCc1cccc(NCc2cc(Cl)cs2)c1. The summed E-state index contributed by atoms with van der Waals surface area (Å²) in [6.45, 7) is 6.67. The first-order chi connectivity index (χ1) is 10.8. The summed E-state index contributed by atoms with van der Waals surface area (Å²) >= 11 is 7.54. The average Bonchev–Trinajstić information content (AvgIpc) is 2.87. The van der Waals surface area contributed by atoms with Gasteiger partial charge < -0.3 is 15.4 Å². The molecule has 4 nitrogen and oxygen atoms in total. The number of hydrogen-bond acceptors (Lipinski definition) is 4. The minimum atomic E-state index is -0.491. The van der Waals surface area contributed by atoms with E-state index in [4.69, 9.17) is 16.3 Å². The Bertz CT molecular complexity index is 665. The van der Waals surface area contributed by atoms with Crippen LogP contribution in [0.15, 0.2) is 35.7 Å². The van der Waals surface area contributed by atoms with Crippen molar-refractivity contribution in [2.75, 3.05) is 5.32 Å². The third-order valence-corrected chi connectivity index (χ3v) is 4.14. The molecule has 2 aromatic rings. The topological polar surface area (TPSA) is 50.4 Å². The molecule has 0 aliphatic rings. The van der Waals surface area contributed by atoms with Crippen molar-refractivity contribution < 1.29 is 9.53 Å². The summed E-state index contributed by atoms with van der Waals surface area (Å²) in [5, 5.41) is 8.79. The lowest BCUT2D eigenvalue weighted by Gasteiger charge is -2.19. The monoisotopic (exact) mass is 352 g/mol. The van der Waals surface area contributed by atoms with Crippen molar-refractivity contribution in [2.45, 2.75) is 39.5 Å². The maximum atomic E-state index is 11.7. The second-order valence-electron chi connectivity index (χ2n) is 6.14. The van der Waals surface area contributed by atoms with E-state index in [2.05, 4.69) is 10.6 Å². The second-order valence-corrected chi connectivity index (χ2v) is 7.57. The van der Waals surface area contributed by atoms with Gasteiger partial charge in [-0.15, -0.1) is 11.3 Å². The average molecular weight is 353 g/mol. The maximum Gasteiger partial charge on any atom is 0.407 e. The quantitative estimate of drug-likeness (QED) is 0.792. The summed E-state index contributed by atoms with van der Waals surface area (Å²) < 4.78 is 5.22. The molecule has 0 spiro atoms. The van der Waals surface area contributed by atoms with Crippen LogP contribution in [0.3, 0.4) is 0 Å². The minimum Gasteiger partial charge on any atom is -0.444 e. The molecule has 0 unspecified atom stereocenters. The van der Waals surface area contributed by atoms with Crippen molar-refractivity contribution >= 4 is 34.7 Å². The summed E-state index contributed by atoms with van der Waals surface area (Å²) in [7, 11) is 0. The van der Waals surface area contributed by atoms with Crippen LogP contribution in [0.4, 0.5) is 10.5 Å². The number of anilines is 1. The molecule has 0 fully saturated rings. The number of hydrogen-bond donors (Lipinski definition) is 2. The molecule has 1 amide bonds. The molecule has 0 aliphatic heterocycles. The molecule has 1 aromatic carbocycles. The molecule has 0 atom stereocenters. The third-order valence-electron chi connectivity index (χ3n) is 2.85. The van der Waals surface area contributed by atoms with Crippen LogP contribution in [-0.4, -0.2) is 11.7 Å². The molecule has 0 radical (unpaired) electrons. The number of carbonyl (C=O) groups is 1. The number of nitrogens with one attached hydrogen (secondary N) is 2. The lowest BCUT2D eigenvalue weighted by atomic mass is 10.2. The predicted octanol–water partition coefficient (Wildman–Crippen LogP) is 5.04. The Hall–Kier alpha value is -1.72. The van der Waals surface area contributed by atoms with E-state index >= 15 is 0 Å².